The maximum Gasteiger partial charge on any atom is 0.0481 e. The highest BCUT2D eigenvalue weighted by molar-refractivity contribution is 9.10. The summed E-state index contributed by atoms with van der Waals surface area (Å²) in [4.78, 5) is 0. The molecule has 0 spiro atoms. The molecule has 0 fully saturated rings. The summed E-state index contributed by atoms with van der Waals surface area (Å²) in [6.07, 6.45) is 1.03. The van der Waals surface area contributed by atoms with E-state index in [1.807, 2.05) is 0 Å². The Bertz CT molecular complexity index is 297. The smallest absolute Gasteiger partial charge is 0.0481 e. The third-order valence-electron chi connectivity index (χ3n) is 2.63. The molecule has 1 unspecified atom stereocenters. The molecule has 1 rings (SSSR count). The quantitative estimate of drug-likeness (QED) is 0.855. The van der Waals surface area contributed by atoms with E-state index in [0.717, 1.165) is 23.2 Å². The lowest BCUT2D eigenvalue weighted by Gasteiger charge is -2.23. The third kappa shape index (κ3) is 4.54. The molecule has 0 radical (unpaired) electrons. The minimum absolute atomic E-state index is 0.459. The Labute approximate surface area is 107 Å². The van der Waals surface area contributed by atoms with Gasteiger partial charge in [-0.25, -0.2) is 0 Å². The Balaban J connectivity index is 2.57. The van der Waals surface area contributed by atoms with Crippen molar-refractivity contribution in [1.82, 2.24) is 0 Å². The average Bonchev–Trinajstić information content (AvgIpc) is 2.26. The van der Waals surface area contributed by atoms with E-state index in [1.54, 1.807) is 7.11 Å². The van der Waals surface area contributed by atoms with E-state index in [1.165, 1.54) is 0 Å². The van der Waals surface area contributed by atoms with Crippen LogP contribution in [0.3, 0.4) is 0 Å². The number of hydrogen-bond donors (Lipinski definition) is 1. The zero-order chi connectivity index (χ0) is 12.0. The molecule has 1 atom stereocenters. The maximum atomic E-state index is 5.13. The van der Waals surface area contributed by atoms with Crippen LogP contribution in [0.25, 0.3) is 0 Å². The molecule has 0 amide bonds. The molecule has 3 heteroatoms. The summed E-state index contributed by atoms with van der Waals surface area (Å²) in [5, 5.41) is 3.54. The van der Waals surface area contributed by atoms with Crippen molar-refractivity contribution >= 4 is 21.6 Å². The minimum atomic E-state index is 0.459. The summed E-state index contributed by atoms with van der Waals surface area (Å²) in [7, 11) is 1.75. The number of methoxy groups -OCH3 is 1. The van der Waals surface area contributed by atoms with Gasteiger partial charge in [-0.05, 0) is 36.6 Å². The zero-order valence-corrected chi connectivity index (χ0v) is 11.8. The van der Waals surface area contributed by atoms with Crippen molar-refractivity contribution in [1.29, 1.82) is 0 Å². The number of rotatable bonds is 6. The molecule has 90 valence electrons. The fraction of sp³-hybridized carbons (Fsp3) is 0.538. The van der Waals surface area contributed by atoms with E-state index in [2.05, 4.69) is 59.4 Å². The van der Waals surface area contributed by atoms with E-state index in [-0.39, 0.29) is 0 Å². The third-order valence-corrected chi connectivity index (χ3v) is 3.16. The predicted octanol–water partition coefficient (Wildman–Crippen LogP) is 3.92. The lowest BCUT2D eigenvalue weighted by Crippen LogP contribution is -2.27. The Hall–Kier alpha value is -0.540. The Morgan fingerprint density at radius 2 is 1.88 bits per heavy atom. The number of benzene rings is 1. The Kier molecular flexibility index (Phi) is 5.85. The molecule has 0 bridgehead atoms. The monoisotopic (exact) mass is 285 g/mol. The molecule has 1 aromatic rings. The highest BCUT2D eigenvalue weighted by atomic mass is 79.9. The van der Waals surface area contributed by atoms with E-state index < -0.39 is 0 Å². The summed E-state index contributed by atoms with van der Waals surface area (Å²) >= 11 is 3.43. The van der Waals surface area contributed by atoms with Gasteiger partial charge in [-0.3, -0.25) is 0 Å². The lowest BCUT2D eigenvalue weighted by molar-refractivity contribution is 0.184. The van der Waals surface area contributed by atoms with Crippen LogP contribution >= 0.6 is 15.9 Å². The summed E-state index contributed by atoms with van der Waals surface area (Å²) in [6, 6.07) is 8.74. The predicted molar refractivity (Wildman–Crippen MR) is 72.9 cm³/mol. The second-order valence-corrected chi connectivity index (χ2v) is 5.20. The van der Waals surface area contributed by atoms with Crippen molar-refractivity contribution in [2.75, 3.05) is 19.0 Å². The Morgan fingerprint density at radius 3 is 2.38 bits per heavy atom. The van der Waals surface area contributed by atoms with E-state index in [0.29, 0.717) is 12.0 Å². The SMILES string of the molecule is COCCC(Nc1ccc(Br)cc1)C(C)C. The molecule has 0 aliphatic rings. The van der Waals surface area contributed by atoms with E-state index >= 15 is 0 Å². The summed E-state index contributed by atoms with van der Waals surface area (Å²) in [6.45, 7) is 5.25. The number of anilines is 1. The highest BCUT2D eigenvalue weighted by Crippen LogP contribution is 2.18. The van der Waals surface area contributed by atoms with Crippen molar-refractivity contribution in [2.24, 2.45) is 5.92 Å². The van der Waals surface area contributed by atoms with Gasteiger partial charge in [-0.2, -0.15) is 0 Å². The molecule has 0 heterocycles. The van der Waals surface area contributed by atoms with Crippen molar-refractivity contribution in [2.45, 2.75) is 26.3 Å². The standard InChI is InChI=1S/C13H20BrNO/c1-10(2)13(8-9-16-3)15-12-6-4-11(14)5-7-12/h4-7,10,13,15H,8-9H2,1-3H3. The van der Waals surface area contributed by atoms with Crippen molar-refractivity contribution in [3.8, 4) is 0 Å². The van der Waals surface area contributed by atoms with Crippen LogP contribution in [0.1, 0.15) is 20.3 Å². The summed E-state index contributed by atoms with van der Waals surface area (Å²) in [5.41, 5.74) is 1.16. The number of nitrogens with one attached hydrogen (secondary N) is 1. The molecule has 0 aliphatic carbocycles. The first kappa shape index (κ1) is 13.5. The first-order chi connectivity index (χ1) is 7.63. The molecule has 2 nitrogen and oxygen atoms in total. The van der Waals surface area contributed by atoms with Crippen LogP contribution in [0.2, 0.25) is 0 Å². The van der Waals surface area contributed by atoms with Crippen LogP contribution < -0.4 is 5.32 Å². The average molecular weight is 286 g/mol. The van der Waals surface area contributed by atoms with E-state index in [9.17, 15) is 0 Å². The van der Waals surface area contributed by atoms with Gasteiger partial charge in [-0.1, -0.05) is 29.8 Å². The van der Waals surface area contributed by atoms with Crippen LogP contribution in [-0.4, -0.2) is 19.8 Å². The van der Waals surface area contributed by atoms with E-state index in [4.69, 9.17) is 4.74 Å². The van der Waals surface area contributed by atoms with Crippen LogP contribution in [0.15, 0.2) is 28.7 Å². The minimum Gasteiger partial charge on any atom is -0.385 e. The molecule has 0 aliphatic heterocycles. The topological polar surface area (TPSA) is 21.3 Å². The molecule has 0 aromatic heterocycles. The molecular formula is C13H20BrNO. The summed E-state index contributed by atoms with van der Waals surface area (Å²) in [5.74, 6) is 0.596. The fourth-order valence-corrected chi connectivity index (χ4v) is 1.84. The van der Waals surface area contributed by atoms with Gasteiger partial charge in [0.15, 0.2) is 0 Å². The van der Waals surface area contributed by atoms with Crippen LogP contribution in [0, 0.1) is 5.92 Å². The first-order valence-electron chi connectivity index (χ1n) is 5.64. The van der Waals surface area contributed by atoms with Gasteiger partial charge < -0.3 is 10.1 Å². The lowest BCUT2D eigenvalue weighted by atomic mass is 10.0. The molecule has 0 saturated carbocycles. The second kappa shape index (κ2) is 6.92. The normalized spacial score (nSPS) is 12.8. The van der Waals surface area contributed by atoms with Gasteiger partial charge in [-0.15, -0.1) is 0 Å². The van der Waals surface area contributed by atoms with Gasteiger partial charge in [0.2, 0.25) is 0 Å². The molecule has 1 aromatic carbocycles. The van der Waals surface area contributed by atoms with Gasteiger partial charge in [0.25, 0.3) is 0 Å². The number of hydrogen-bond acceptors (Lipinski definition) is 2. The van der Waals surface area contributed by atoms with Gasteiger partial charge in [0.1, 0.15) is 0 Å². The maximum absolute atomic E-state index is 5.13. The van der Waals surface area contributed by atoms with Gasteiger partial charge in [0.05, 0.1) is 0 Å². The van der Waals surface area contributed by atoms with Crippen LogP contribution in [-0.2, 0) is 4.74 Å². The largest absolute Gasteiger partial charge is 0.385 e. The van der Waals surface area contributed by atoms with Gasteiger partial charge in [0, 0.05) is 29.9 Å². The molecule has 0 saturated heterocycles. The summed E-state index contributed by atoms with van der Waals surface area (Å²) < 4.78 is 6.24. The van der Waals surface area contributed by atoms with Crippen molar-refractivity contribution in [3.05, 3.63) is 28.7 Å². The molecular weight excluding hydrogens is 266 g/mol. The zero-order valence-electron chi connectivity index (χ0n) is 10.2. The number of ether oxygens (including phenoxy) is 1. The van der Waals surface area contributed by atoms with Crippen LogP contribution in [0.5, 0.6) is 0 Å². The van der Waals surface area contributed by atoms with Crippen LogP contribution in [0.4, 0.5) is 5.69 Å². The first-order valence-corrected chi connectivity index (χ1v) is 6.44. The number of halogens is 1. The Morgan fingerprint density at radius 1 is 1.25 bits per heavy atom. The van der Waals surface area contributed by atoms with Crippen molar-refractivity contribution in [3.63, 3.8) is 0 Å². The molecule has 16 heavy (non-hydrogen) atoms. The highest BCUT2D eigenvalue weighted by Gasteiger charge is 2.12. The van der Waals surface area contributed by atoms with Gasteiger partial charge >= 0.3 is 0 Å². The molecule has 1 N–H and O–H groups in total. The second-order valence-electron chi connectivity index (χ2n) is 4.28. The van der Waals surface area contributed by atoms with Crippen molar-refractivity contribution < 1.29 is 4.74 Å². The fourth-order valence-electron chi connectivity index (χ4n) is 1.58.